The van der Waals surface area contributed by atoms with Gasteiger partial charge in [-0.15, -0.1) is 0 Å². The van der Waals surface area contributed by atoms with Gasteiger partial charge in [-0.1, -0.05) is 116 Å². The number of allylic oxidation sites excluding steroid dienone is 16. The minimum Gasteiger partial charge on any atom is -0.358 e. The number of carbonyl (C=O) groups is 2. The van der Waals surface area contributed by atoms with Crippen LogP contribution < -0.4 is 0 Å². The molecule has 1 aliphatic rings. The van der Waals surface area contributed by atoms with E-state index >= 15 is 9.59 Å². The number of ether oxygens (including phenoxy) is 1. The molecule has 0 heterocycles. The van der Waals surface area contributed by atoms with Crippen molar-refractivity contribution in [3.8, 4) is 0 Å². The summed E-state index contributed by atoms with van der Waals surface area (Å²) in [4.78, 5) is 35.1. The van der Waals surface area contributed by atoms with Gasteiger partial charge in [0.1, 0.15) is 5.60 Å². The summed E-state index contributed by atoms with van der Waals surface area (Å²) in [6, 6.07) is 0. The Morgan fingerprint density at radius 2 is 0.639 bits per heavy atom. The summed E-state index contributed by atoms with van der Waals surface area (Å²) in [5, 5.41) is 0. The number of carbonyl (C=O) groups excluding carboxylic acids is 2. The molecule has 0 aliphatic heterocycles. The van der Waals surface area contributed by atoms with Gasteiger partial charge in [-0.25, -0.2) is 0 Å². The molecule has 2 atom stereocenters. The Labute approximate surface area is 377 Å². The summed E-state index contributed by atoms with van der Waals surface area (Å²) in [5.41, 5.74) is 5.92. The minimum atomic E-state index is -1.52. The molecule has 0 amide bonds. The normalized spacial score (nSPS) is 19.1. The van der Waals surface area contributed by atoms with E-state index in [2.05, 4.69) is 199 Å². The van der Waals surface area contributed by atoms with Crippen molar-refractivity contribution in [2.75, 3.05) is 0 Å². The smallest absolute Gasteiger partial charge is 0.173 e. The third kappa shape index (κ3) is 15.2. The Morgan fingerprint density at radius 1 is 0.361 bits per heavy atom. The molecule has 0 saturated heterocycles. The van der Waals surface area contributed by atoms with Gasteiger partial charge >= 0.3 is 0 Å². The fourth-order valence-corrected chi connectivity index (χ4v) is 8.92. The van der Waals surface area contributed by atoms with Crippen LogP contribution in [0.25, 0.3) is 0 Å². The third-order valence-corrected chi connectivity index (χ3v) is 12.6. The van der Waals surface area contributed by atoms with E-state index in [0.717, 1.165) is 33.4 Å². The molecule has 0 bridgehead atoms. The third-order valence-electron chi connectivity index (χ3n) is 12.6. The van der Waals surface area contributed by atoms with Crippen LogP contribution in [-0.4, -0.2) is 22.8 Å². The van der Waals surface area contributed by atoms with E-state index < -0.39 is 27.4 Å². The van der Waals surface area contributed by atoms with Crippen LogP contribution in [0.3, 0.4) is 0 Å². The topological polar surface area (TPSA) is 43.4 Å². The Morgan fingerprint density at radius 3 is 0.951 bits per heavy atom. The molecule has 3 nitrogen and oxygen atoms in total. The molecule has 0 aromatic rings. The molecule has 1 saturated carbocycles. The van der Waals surface area contributed by atoms with Crippen LogP contribution >= 0.6 is 0 Å². The molecule has 0 spiro atoms. The lowest BCUT2D eigenvalue weighted by Gasteiger charge is -2.65. The lowest BCUT2D eigenvalue weighted by atomic mass is 9.38. The number of hydrogen-bond donors (Lipinski definition) is 0. The van der Waals surface area contributed by atoms with Crippen molar-refractivity contribution >= 4 is 11.6 Å². The van der Waals surface area contributed by atoms with Gasteiger partial charge in [0.25, 0.3) is 0 Å². The van der Waals surface area contributed by atoms with Gasteiger partial charge < -0.3 is 4.74 Å². The molecule has 2 unspecified atom stereocenters. The van der Waals surface area contributed by atoms with E-state index in [0.29, 0.717) is 70.6 Å². The molecule has 342 valence electrons. The van der Waals surface area contributed by atoms with Crippen molar-refractivity contribution in [1.82, 2.24) is 0 Å². The van der Waals surface area contributed by atoms with Crippen LogP contribution in [0, 0.1) is 16.2 Å². The monoisotopic (exact) mass is 837 g/mol. The molecule has 1 rings (SSSR count). The predicted octanol–water partition coefficient (Wildman–Crippen LogP) is 17.5. The van der Waals surface area contributed by atoms with Gasteiger partial charge in [0.15, 0.2) is 11.6 Å². The van der Waals surface area contributed by atoms with Crippen molar-refractivity contribution in [2.45, 2.75) is 220 Å². The minimum absolute atomic E-state index is 0.0896. The second-order valence-electron chi connectivity index (χ2n) is 21.2. The van der Waals surface area contributed by atoms with Gasteiger partial charge in [-0.2, -0.15) is 0 Å². The Balaban J connectivity index is 5.36. The molecule has 0 aromatic carbocycles. The number of Topliss-reactive ketones (excluding diaryl/α,β-unsaturated/α-hetero) is 2. The lowest BCUT2D eigenvalue weighted by molar-refractivity contribution is -0.239. The van der Waals surface area contributed by atoms with Crippen molar-refractivity contribution in [1.29, 1.82) is 0 Å². The summed E-state index contributed by atoms with van der Waals surface area (Å²) >= 11 is 0. The molecule has 1 fully saturated rings. The maximum atomic E-state index is 17.6. The van der Waals surface area contributed by atoms with Gasteiger partial charge in [-0.3, -0.25) is 9.59 Å². The lowest BCUT2D eigenvalue weighted by Crippen LogP contribution is -2.76. The zero-order valence-electron chi connectivity index (χ0n) is 43.3. The van der Waals surface area contributed by atoms with Gasteiger partial charge in [0.05, 0.1) is 16.4 Å². The van der Waals surface area contributed by atoms with E-state index in [1.54, 1.807) is 0 Å². The molecule has 0 N–H and O–H groups in total. The zero-order valence-corrected chi connectivity index (χ0v) is 43.3. The number of ketones is 2. The molecule has 1 aliphatic carbocycles. The quantitative estimate of drug-likeness (QED) is 0.0963. The zero-order chi connectivity index (χ0) is 47.0. The van der Waals surface area contributed by atoms with Crippen LogP contribution in [0.2, 0.25) is 0 Å². The van der Waals surface area contributed by atoms with E-state index in [1.165, 1.54) is 22.3 Å². The molecule has 0 aromatic heterocycles. The van der Waals surface area contributed by atoms with Crippen molar-refractivity contribution in [3.63, 3.8) is 0 Å². The summed E-state index contributed by atoms with van der Waals surface area (Å²) < 4.78 is 8.29. The van der Waals surface area contributed by atoms with Crippen LogP contribution in [-0.2, 0) is 14.3 Å². The first-order valence-corrected chi connectivity index (χ1v) is 23.3. The maximum Gasteiger partial charge on any atom is 0.173 e. The standard InChI is InChI=1S/C58H92O3/c1-42(2)22-21-32-55(36-26-46(9)10)52(59)57(39-29-49(15)16,40-30-50(17)18)58(41-31-51(19)20,53(60)56(55,37-27-47(11)12)38-28-48(13)14)61-54(33-23-43(3)4,34-24-44(5)6)35-25-45(7)8/h22-31H,21,32-41H2,1-20H3. The van der Waals surface area contributed by atoms with E-state index in [9.17, 15) is 0 Å². The van der Waals surface area contributed by atoms with Crippen molar-refractivity contribution in [2.24, 2.45) is 16.2 Å². The largest absolute Gasteiger partial charge is 0.358 e. The SMILES string of the molecule is CC(C)=CCCC1(CC=C(C)C)C(=O)C(CC=C(C)C)(CC=C(C)C)C(CC=C(C)C)(OC(CC=C(C)C)(CC=C(C)C)CC=C(C)C)C(=O)C1(CC=C(C)C)CC=C(C)C. The van der Waals surface area contributed by atoms with Gasteiger partial charge in [0, 0.05) is 11.8 Å². The summed E-state index contributed by atoms with van der Waals surface area (Å²) in [6.07, 6.45) is 28.2. The predicted molar refractivity (Wildman–Crippen MR) is 269 cm³/mol. The fourth-order valence-electron chi connectivity index (χ4n) is 8.92. The second-order valence-corrected chi connectivity index (χ2v) is 21.2. The highest BCUT2D eigenvalue weighted by Crippen LogP contribution is 2.68. The molecule has 61 heavy (non-hydrogen) atoms. The van der Waals surface area contributed by atoms with Crippen LogP contribution in [0.15, 0.2) is 116 Å². The van der Waals surface area contributed by atoms with Crippen molar-refractivity contribution < 1.29 is 14.3 Å². The van der Waals surface area contributed by atoms with Crippen molar-refractivity contribution in [3.05, 3.63) is 116 Å². The first kappa shape index (κ1) is 55.7. The van der Waals surface area contributed by atoms with Crippen LogP contribution in [0.4, 0.5) is 0 Å². The Hall–Kier alpha value is -3.30. The summed E-state index contributed by atoms with van der Waals surface area (Å²) in [5.74, 6) is 0.271. The maximum absolute atomic E-state index is 17.6. The van der Waals surface area contributed by atoms with E-state index in [4.69, 9.17) is 4.74 Å². The van der Waals surface area contributed by atoms with Crippen LogP contribution in [0.5, 0.6) is 0 Å². The van der Waals surface area contributed by atoms with E-state index in [-0.39, 0.29) is 11.6 Å². The highest BCUT2D eigenvalue weighted by Gasteiger charge is 2.76. The fraction of sp³-hybridized carbons (Fsp3) is 0.621. The molecule has 3 heteroatoms. The molecular formula is C58H92O3. The first-order valence-electron chi connectivity index (χ1n) is 23.3. The first-order chi connectivity index (χ1) is 28.2. The molecular weight excluding hydrogens is 745 g/mol. The van der Waals surface area contributed by atoms with Gasteiger partial charge in [-0.05, 0) is 203 Å². The summed E-state index contributed by atoms with van der Waals surface area (Å²) in [6.45, 7) is 42.5. The average molecular weight is 837 g/mol. The molecule has 0 radical (unpaired) electrons. The average Bonchev–Trinajstić information content (AvgIpc) is 3.14. The van der Waals surface area contributed by atoms with Crippen LogP contribution in [0.1, 0.15) is 209 Å². The highest BCUT2D eigenvalue weighted by atomic mass is 16.5. The highest BCUT2D eigenvalue weighted by molar-refractivity contribution is 6.11. The summed E-state index contributed by atoms with van der Waals surface area (Å²) in [7, 11) is 0. The van der Waals surface area contributed by atoms with E-state index in [1.807, 2.05) is 0 Å². The van der Waals surface area contributed by atoms with Gasteiger partial charge in [0.2, 0.25) is 0 Å². The number of rotatable bonds is 23. The number of hydrogen-bond acceptors (Lipinski definition) is 3. The second kappa shape index (κ2) is 24.5. The Bertz CT molecular complexity index is 1710. The Kier molecular flexibility index (Phi) is 22.4.